The predicted molar refractivity (Wildman–Crippen MR) is 86.4 cm³/mol. The summed E-state index contributed by atoms with van der Waals surface area (Å²) < 4.78 is 5.50. The average Bonchev–Trinajstić information content (AvgIpc) is 3.10. The summed E-state index contributed by atoms with van der Waals surface area (Å²) >= 11 is 0. The quantitative estimate of drug-likeness (QED) is 0.909. The van der Waals surface area contributed by atoms with Gasteiger partial charge in [0, 0.05) is 11.6 Å². The van der Waals surface area contributed by atoms with Crippen LogP contribution in [0, 0.1) is 11.8 Å². The average molecular weight is 311 g/mol. The number of hydrogen-bond acceptors (Lipinski definition) is 4. The van der Waals surface area contributed by atoms with E-state index in [0.717, 1.165) is 36.4 Å². The van der Waals surface area contributed by atoms with Gasteiger partial charge < -0.3 is 15.1 Å². The van der Waals surface area contributed by atoms with Crippen LogP contribution >= 0.6 is 0 Å². The highest BCUT2D eigenvalue weighted by molar-refractivity contribution is 5.79. The first-order chi connectivity index (χ1) is 11.3. The minimum Gasteiger partial charge on any atom is -0.443 e. The summed E-state index contributed by atoms with van der Waals surface area (Å²) in [4.78, 5) is 16.8. The molecule has 5 nitrogen and oxygen atoms in total. The summed E-state index contributed by atoms with van der Waals surface area (Å²) in [6, 6.07) is 10.2. The number of carbonyl (C=O) groups excluding carboxylic acids is 1. The Hall–Kier alpha value is -2.14. The molecule has 3 heterocycles. The molecule has 2 aromatic rings. The van der Waals surface area contributed by atoms with E-state index in [-0.39, 0.29) is 11.8 Å². The van der Waals surface area contributed by atoms with Crippen LogP contribution in [0.3, 0.4) is 0 Å². The minimum absolute atomic E-state index is 0.0922. The maximum atomic E-state index is 12.5. The number of rotatable bonds is 4. The largest absolute Gasteiger partial charge is 0.443 e. The minimum atomic E-state index is 0.0922. The van der Waals surface area contributed by atoms with Crippen LogP contribution in [0.4, 0.5) is 0 Å². The van der Waals surface area contributed by atoms with Crippen molar-refractivity contribution in [3.63, 3.8) is 0 Å². The van der Waals surface area contributed by atoms with E-state index in [9.17, 15) is 4.79 Å². The van der Waals surface area contributed by atoms with E-state index < -0.39 is 0 Å². The molecule has 3 atom stereocenters. The standard InChI is InChI=1S/C18H21N3O2/c22-18(14-8-12-6-7-15(14)19-9-12)20-10-16-17(23-11-21-16)13-4-2-1-3-5-13/h1-5,11-12,14-15,19H,6-10H2,(H,20,22)/t12-,14+,15-/m1/s1. The Bertz CT molecular complexity index is 675. The highest BCUT2D eigenvalue weighted by atomic mass is 16.3. The fourth-order valence-corrected chi connectivity index (χ4v) is 3.82. The van der Waals surface area contributed by atoms with Crippen LogP contribution in [0.5, 0.6) is 0 Å². The SMILES string of the molecule is O=C(NCc1ncoc1-c1ccccc1)[C@H]1C[C@H]2CC[C@H]1NC2. The van der Waals surface area contributed by atoms with Gasteiger partial charge in [0.1, 0.15) is 5.69 Å². The highest BCUT2D eigenvalue weighted by Crippen LogP contribution is 2.33. The monoisotopic (exact) mass is 311 g/mol. The van der Waals surface area contributed by atoms with Crippen molar-refractivity contribution in [2.75, 3.05) is 6.54 Å². The number of nitrogens with zero attached hydrogens (tertiary/aromatic N) is 1. The first-order valence-corrected chi connectivity index (χ1v) is 8.30. The number of nitrogens with one attached hydrogen (secondary N) is 2. The molecule has 3 aliphatic rings. The van der Waals surface area contributed by atoms with Gasteiger partial charge in [-0.1, -0.05) is 30.3 Å². The molecule has 0 spiro atoms. The number of aromatic nitrogens is 1. The van der Waals surface area contributed by atoms with E-state index in [1.165, 1.54) is 12.8 Å². The van der Waals surface area contributed by atoms with Crippen LogP contribution in [0.2, 0.25) is 0 Å². The summed E-state index contributed by atoms with van der Waals surface area (Å²) in [6.45, 7) is 1.48. The van der Waals surface area contributed by atoms with Crippen molar-refractivity contribution in [2.24, 2.45) is 11.8 Å². The Kier molecular flexibility index (Phi) is 3.87. The number of oxazole rings is 1. The molecule has 3 fully saturated rings. The topological polar surface area (TPSA) is 67.2 Å². The molecule has 1 aliphatic carbocycles. The van der Waals surface area contributed by atoms with Gasteiger partial charge in [-0.3, -0.25) is 4.79 Å². The maximum Gasteiger partial charge on any atom is 0.225 e. The van der Waals surface area contributed by atoms with E-state index in [0.29, 0.717) is 18.5 Å². The van der Waals surface area contributed by atoms with Gasteiger partial charge in [0.25, 0.3) is 0 Å². The predicted octanol–water partition coefficient (Wildman–Crippen LogP) is 2.35. The van der Waals surface area contributed by atoms with E-state index in [1.54, 1.807) is 0 Å². The molecule has 120 valence electrons. The highest BCUT2D eigenvalue weighted by Gasteiger charge is 2.39. The summed E-state index contributed by atoms with van der Waals surface area (Å²) in [7, 11) is 0. The van der Waals surface area contributed by atoms with Gasteiger partial charge in [-0.2, -0.15) is 0 Å². The summed E-state index contributed by atoms with van der Waals surface area (Å²) in [5, 5.41) is 6.53. The zero-order valence-electron chi connectivity index (χ0n) is 13.0. The number of hydrogen-bond donors (Lipinski definition) is 2. The smallest absolute Gasteiger partial charge is 0.225 e. The van der Waals surface area contributed by atoms with Crippen molar-refractivity contribution in [1.82, 2.24) is 15.6 Å². The third kappa shape index (κ3) is 2.88. The van der Waals surface area contributed by atoms with Gasteiger partial charge in [-0.25, -0.2) is 4.98 Å². The van der Waals surface area contributed by atoms with E-state index in [1.807, 2.05) is 30.3 Å². The lowest BCUT2D eigenvalue weighted by Gasteiger charge is -2.42. The molecular weight excluding hydrogens is 290 g/mol. The van der Waals surface area contributed by atoms with E-state index in [4.69, 9.17) is 4.42 Å². The molecule has 5 heteroatoms. The number of amides is 1. The third-order valence-electron chi connectivity index (χ3n) is 5.07. The lowest BCUT2D eigenvalue weighted by atomic mass is 9.73. The van der Waals surface area contributed by atoms with Crippen LogP contribution in [0.15, 0.2) is 41.1 Å². The molecule has 2 saturated heterocycles. The molecule has 0 radical (unpaired) electrons. The van der Waals surface area contributed by atoms with Gasteiger partial charge in [-0.05, 0) is 31.7 Å². The van der Waals surface area contributed by atoms with Crippen LogP contribution in [0.25, 0.3) is 11.3 Å². The Morgan fingerprint density at radius 1 is 1.30 bits per heavy atom. The van der Waals surface area contributed by atoms with Crippen LogP contribution < -0.4 is 10.6 Å². The van der Waals surface area contributed by atoms with Gasteiger partial charge in [0.15, 0.2) is 12.2 Å². The Balaban J connectivity index is 1.42. The third-order valence-corrected chi connectivity index (χ3v) is 5.07. The molecular formula is C18H21N3O2. The van der Waals surface area contributed by atoms with E-state index >= 15 is 0 Å². The van der Waals surface area contributed by atoms with Gasteiger partial charge in [0.05, 0.1) is 12.5 Å². The van der Waals surface area contributed by atoms with Crippen LogP contribution in [-0.4, -0.2) is 23.5 Å². The number of piperidine rings is 2. The lowest BCUT2D eigenvalue weighted by Crippen LogP contribution is -2.54. The van der Waals surface area contributed by atoms with Gasteiger partial charge in [-0.15, -0.1) is 0 Å². The Morgan fingerprint density at radius 3 is 2.87 bits per heavy atom. The van der Waals surface area contributed by atoms with Crippen molar-refractivity contribution in [3.8, 4) is 11.3 Å². The molecule has 1 aromatic heterocycles. The van der Waals surface area contributed by atoms with Crippen molar-refractivity contribution >= 4 is 5.91 Å². The zero-order valence-corrected chi connectivity index (χ0v) is 13.0. The summed E-state index contributed by atoms with van der Waals surface area (Å²) in [5.41, 5.74) is 1.76. The zero-order chi connectivity index (χ0) is 15.6. The van der Waals surface area contributed by atoms with Crippen molar-refractivity contribution in [1.29, 1.82) is 0 Å². The molecule has 2 aliphatic heterocycles. The van der Waals surface area contributed by atoms with Crippen LogP contribution in [-0.2, 0) is 11.3 Å². The fourth-order valence-electron chi connectivity index (χ4n) is 3.82. The van der Waals surface area contributed by atoms with Gasteiger partial charge >= 0.3 is 0 Å². The first-order valence-electron chi connectivity index (χ1n) is 8.30. The fraction of sp³-hybridized carbons (Fsp3) is 0.444. The van der Waals surface area contributed by atoms with E-state index in [2.05, 4.69) is 15.6 Å². The van der Waals surface area contributed by atoms with Gasteiger partial charge in [0.2, 0.25) is 5.91 Å². The second-order valence-corrected chi connectivity index (χ2v) is 6.51. The molecule has 2 bridgehead atoms. The molecule has 1 saturated carbocycles. The molecule has 2 N–H and O–H groups in total. The number of carbonyl (C=O) groups is 1. The summed E-state index contributed by atoms with van der Waals surface area (Å²) in [5.74, 6) is 1.61. The maximum absolute atomic E-state index is 12.5. The van der Waals surface area contributed by atoms with Crippen molar-refractivity contribution in [3.05, 3.63) is 42.4 Å². The van der Waals surface area contributed by atoms with Crippen LogP contribution in [0.1, 0.15) is 25.0 Å². The second-order valence-electron chi connectivity index (χ2n) is 6.51. The molecule has 0 unspecified atom stereocenters. The Labute approximate surface area is 135 Å². The van der Waals surface area contributed by atoms with Crippen molar-refractivity contribution in [2.45, 2.75) is 31.8 Å². The molecule has 1 aromatic carbocycles. The lowest BCUT2D eigenvalue weighted by molar-refractivity contribution is -0.128. The first kappa shape index (κ1) is 14.5. The summed E-state index contributed by atoms with van der Waals surface area (Å²) in [6.07, 6.45) is 4.81. The molecule has 23 heavy (non-hydrogen) atoms. The normalized spacial score (nSPS) is 26.2. The van der Waals surface area contributed by atoms with Crippen molar-refractivity contribution < 1.29 is 9.21 Å². The number of fused-ring (bicyclic) bond motifs is 3. The molecule has 5 rings (SSSR count). The molecule has 1 amide bonds. The Morgan fingerprint density at radius 2 is 2.17 bits per heavy atom. The number of benzene rings is 1. The second kappa shape index (κ2) is 6.16.